The van der Waals surface area contributed by atoms with Crippen molar-refractivity contribution in [2.75, 3.05) is 0 Å². The number of thiophene rings is 1. The number of furan rings is 2. The van der Waals surface area contributed by atoms with Crippen LogP contribution in [0.4, 0.5) is 0 Å². The maximum Gasteiger partial charge on any atom is 0.180 e. The Labute approximate surface area is 328 Å². The fourth-order valence-corrected chi connectivity index (χ4v) is 9.16. The third-order valence-corrected chi connectivity index (χ3v) is 11.8. The lowest BCUT2D eigenvalue weighted by Crippen LogP contribution is -2.00. The minimum absolute atomic E-state index is 0.595. The molecule has 0 saturated heterocycles. The highest BCUT2D eigenvalue weighted by Gasteiger charge is 2.23. The predicted molar refractivity (Wildman–Crippen MR) is 230 cm³/mol. The highest BCUT2D eigenvalue weighted by Crippen LogP contribution is 2.46. The fraction of sp³-hybridized carbons (Fsp3) is 0. The van der Waals surface area contributed by atoms with Gasteiger partial charge in [-0.05, 0) is 36.4 Å². The molecule has 0 atom stereocenters. The Hall–Kier alpha value is -7.55. The number of rotatable bonds is 5. The summed E-state index contributed by atoms with van der Waals surface area (Å²) in [5.41, 5.74) is 9.15. The monoisotopic (exact) mass is 749 g/mol. The minimum atomic E-state index is 0.595. The lowest BCUT2D eigenvalue weighted by atomic mass is 10.0. The van der Waals surface area contributed by atoms with Crippen LogP contribution in [0.1, 0.15) is 0 Å². The number of aromatic nitrogens is 5. The van der Waals surface area contributed by atoms with Gasteiger partial charge in [0.1, 0.15) is 28.0 Å². The highest BCUT2D eigenvalue weighted by atomic mass is 32.1. The lowest BCUT2D eigenvalue weighted by Gasteiger charge is -2.10. The molecule has 0 unspecified atom stereocenters. The SMILES string of the molecule is c1ccc(-c2nc(-c3ccccc3)nc(-c3cccc4sc5c(-c6nc(-c7ccc8c(c7)oc7ccccc78)nc7c6oc6ccccc67)cccc5c34)n2)cc1. The molecule has 12 aromatic rings. The first-order chi connectivity index (χ1) is 28.2. The first kappa shape index (κ1) is 31.8. The Morgan fingerprint density at radius 1 is 0.386 bits per heavy atom. The van der Waals surface area contributed by atoms with Crippen molar-refractivity contribution >= 4 is 75.5 Å². The van der Waals surface area contributed by atoms with E-state index in [4.69, 9.17) is 33.8 Å². The highest BCUT2D eigenvalue weighted by molar-refractivity contribution is 7.26. The summed E-state index contributed by atoms with van der Waals surface area (Å²) < 4.78 is 15.1. The zero-order valence-electron chi connectivity index (χ0n) is 30.0. The van der Waals surface area contributed by atoms with Crippen LogP contribution < -0.4 is 0 Å². The van der Waals surface area contributed by atoms with E-state index in [1.807, 2.05) is 103 Å². The smallest absolute Gasteiger partial charge is 0.180 e. The molecule has 266 valence electrons. The third kappa shape index (κ3) is 5.08. The van der Waals surface area contributed by atoms with Gasteiger partial charge in [-0.1, -0.05) is 127 Å². The topological polar surface area (TPSA) is 90.7 Å². The van der Waals surface area contributed by atoms with Crippen LogP contribution >= 0.6 is 11.3 Å². The zero-order valence-corrected chi connectivity index (χ0v) is 30.9. The van der Waals surface area contributed by atoms with E-state index in [1.54, 1.807) is 11.3 Å². The van der Waals surface area contributed by atoms with Gasteiger partial charge in [0.15, 0.2) is 28.9 Å². The van der Waals surface area contributed by atoms with Gasteiger partial charge in [-0.3, -0.25) is 0 Å². The first-order valence-electron chi connectivity index (χ1n) is 18.7. The van der Waals surface area contributed by atoms with E-state index >= 15 is 0 Å². The Morgan fingerprint density at radius 3 is 1.75 bits per heavy atom. The summed E-state index contributed by atoms with van der Waals surface area (Å²) in [6.07, 6.45) is 0. The second-order valence-corrected chi connectivity index (χ2v) is 15.0. The number of hydrogen-bond donors (Lipinski definition) is 0. The second-order valence-electron chi connectivity index (χ2n) is 14.0. The molecule has 5 aromatic heterocycles. The Kier molecular flexibility index (Phi) is 6.96. The average Bonchev–Trinajstić information content (AvgIpc) is 3.98. The van der Waals surface area contributed by atoms with Crippen LogP contribution in [0.5, 0.6) is 0 Å². The van der Waals surface area contributed by atoms with E-state index in [9.17, 15) is 0 Å². The summed E-state index contributed by atoms with van der Waals surface area (Å²) in [5.74, 6) is 2.46. The van der Waals surface area contributed by atoms with Crippen LogP contribution in [0.2, 0.25) is 0 Å². The lowest BCUT2D eigenvalue weighted by molar-refractivity contribution is 0.667. The number of hydrogen-bond acceptors (Lipinski definition) is 8. The first-order valence-corrected chi connectivity index (χ1v) is 19.5. The molecule has 0 bridgehead atoms. The Morgan fingerprint density at radius 2 is 0.982 bits per heavy atom. The normalized spacial score (nSPS) is 11.9. The van der Waals surface area contributed by atoms with E-state index in [0.717, 1.165) is 92.1 Å². The van der Waals surface area contributed by atoms with Gasteiger partial charge in [0.25, 0.3) is 0 Å². The van der Waals surface area contributed by atoms with Crippen LogP contribution in [0.15, 0.2) is 173 Å². The molecule has 0 radical (unpaired) electrons. The quantitative estimate of drug-likeness (QED) is 0.173. The summed E-state index contributed by atoms with van der Waals surface area (Å²) in [6.45, 7) is 0. The maximum absolute atomic E-state index is 6.60. The fourth-order valence-electron chi connectivity index (χ4n) is 7.92. The third-order valence-electron chi connectivity index (χ3n) is 10.6. The number of benzene rings is 7. The largest absolute Gasteiger partial charge is 0.456 e. The Bertz CT molecular complexity index is 3480. The molecule has 0 fully saturated rings. The molecule has 0 aliphatic heterocycles. The van der Waals surface area contributed by atoms with Gasteiger partial charge in [-0.15, -0.1) is 11.3 Å². The predicted octanol–water partition coefficient (Wildman–Crippen LogP) is 13.2. The van der Waals surface area contributed by atoms with Crippen molar-refractivity contribution in [3.05, 3.63) is 164 Å². The van der Waals surface area contributed by atoms with Gasteiger partial charge in [-0.2, -0.15) is 0 Å². The molecule has 0 saturated carbocycles. The molecular formula is C49H27N5O2S. The number of nitrogens with zero attached hydrogens (tertiary/aromatic N) is 5. The van der Waals surface area contributed by atoms with Crippen molar-refractivity contribution in [3.8, 4) is 56.8 Å². The number of para-hydroxylation sites is 2. The molecule has 0 spiro atoms. The molecule has 7 nitrogen and oxygen atoms in total. The van der Waals surface area contributed by atoms with Crippen LogP contribution in [0, 0.1) is 0 Å². The molecule has 57 heavy (non-hydrogen) atoms. The molecule has 0 N–H and O–H groups in total. The van der Waals surface area contributed by atoms with Gasteiger partial charge in [-0.25, -0.2) is 24.9 Å². The average molecular weight is 750 g/mol. The van der Waals surface area contributed by atoms with E-state index < -0.39 is 0 Å². The Balaban J connectivity index is 1.09. The van der Waals surface area contributed by atoms with E-state index in [0.29, 0.717) is 28.9 Å². The molecule has 8 heteroatoms. The molecular weight excluding hydrogens is 723 g/mol. The van der Waals surface area contributed by atoms with Crippen molar-refractivity contribution < 1.29 is 8.83 Å². The molecule has 7 aromatic carbocycles. The summed E-state index contributed by atoms with van der Waals surface area (Å²) in [5, 5.41) is 5.23. The van der Waals surface area contributed by atoms with Gasteiger partial charge in [0, 0.05) is 64.1 Å². The van der Waals surface area contributed by atoms with Crippen molar-refractivity contribution in [1.82, 2.24) is 24.9 Å². The van der Waals surface area contributed by atoms with Crippen LogP contribution in [0.25, 0.3) is 121 Å². The summed E-state index contributed by atoms with van der Waals surface area (Å²) in [6, 6.07) is 55.2. The molecule has 0 amide bonds. The molecule has 12 rings (SSSR count). The van der Waals surface area contributed by atoms with Crippen molar-refractivity contribution in [3.63, 3.8) is 0 Å². The zero-order chi connectivity index (χ0) is 37.5. The summed E-state index contributed by atoms with van der Waals surface area (Å²) in [4.78, 5) is 25.6. The van der Waals surface area contributed by atoms with Gasteiger partial charge in [0.05, 0.1) is 0 Å². The minimum Gasteiger partial charge on any atom is -0.456 e. The van der Waals surface area contributed by atoms with Crippen LogP contribution in [0.3, 0.4) is 0 Å². The van der Waals surface area contributed by atoms with Crippen molar-refractivity contribution in [1.29, 1.82) is 0 Å². The van der Waals surface area contributed by atoms with Gasteiger partial charge < -0.3 is 8.83 Å². The van der Waals surface area contributed by atoms with E-state index in [2.05, 4.69) is 60.7 Å². The van der Waals surface area contributed by atoms with Gasteiger partial charge in [0.2, 0.25) is 0 Å². The van der Waals surface area contributed by atoms with Crippen molar-refractivity contribution in [2.24, 2.45) is 0 Å². The maximum atomic E-state index is 6.60. The number of fused-ring (bicyclic) bond motifs is 9. The second kappa shape index (κ2) is 12.5. The van der Waals surface area contributed by atoms with E-state index in [-0.39, 0.29) is 0 Å². The summed E-state index contributed by atoms with van der Waals surface area (Å²) in [7, 11) is 0. The van der Waals surface area contributed by atoms with Crippen LogP contribution in [-0.4, -0.2) is 24.9 Å². The van der Waals surface area contributed by atoms with Crippen LogP contribution in [-0.2, 0) is 0 Å². The van der Waals surface area contributed by atoms with E-state index in [1.165, 1.54) is 0 Å². The molecule has 5 heterocycles. The van der Waals surface area contributed by atoms with Crippen molar-refractivity contribution in [2.45, 2.75) is 0 Å². The summed E-state index contributed by atoms with van der Waals surface area (Å²) >= 11 is 1.73. The standard InChI is InChI=1S/C49H27N5O2S/c1-3-13-28(14-4-1)46-52-47(29-15-5-2-6-16-29)54-49(53-46)35-20-12-24-40-41(35)34-19-11-21-36(45(34)57-40)43-44-42(33-18-8-10-23-38(33)56-44)50-48(51-43)30-25-26-32-31-17-7-9-22-37(31)55-39(32)27-30/h1-27H. The van der Waals surface area contributed by atoms with Gasteiger partial charge >= 0.3 is 0 Å². The molecule has 0 aliphatic carbocycles. The molecule has 0 aliphatic rings.